The first-order valence-electron chi connectivity index (χ1n) is 4.32. The maximum absolute atomic E-state index is 12.5. The van der Waals surface area contributed by atoms with Crippen LogP contribution in [0.25, 0.3) is 0 Å². The molecule has 0 aliphatic rings. The lowest BCUT2D eigenvalue weighted by Crippen LogP contribution is -2.49. The van der Waals surface area contributed by atoms with Crippen molar-refractivity contribution >= 4 is 17.7 Å². The van der Waals surface area contributed by atoms with Gasteiger partial charge in [-0.25, -0.2) is 8.78 Å². The van der Waals surface area contributed by atoms with Crippen LogP contribution in [0.3, 0.4) is 0 Å². The number of amides is 1. The van der Waals surface area contributed by atoms with Gasteiger partial charge in [0.1, 0.15) is 0 Å². The fourth-order valence-electron chi connectivity index (χ4n) is 0.843. The quantitative estimate of drug-likeness (QED) is 0.729. The molecule has 0 fully saturated rings. The van der Waals surface area contributed by atoms with Gasteiger partial charge >= 0.3 is 12.3 Å². The number of carbonyl (C=O) groups is 1. The molecular formula is C8H13F4NOS. The van der Waals surface area contributed by atoms with E-state index in [1.165, 1.54) is 11.8 Å². The largest absolute Gasteiger partial charge is 0.383 e. The van der Waals surface area contributed by atoms with Crippen molar-refractivity contribution in [3.05, 3.63) is 0 Å². The fourth-order valence-corrected chi connectivity index (χ4v) is 1.56. The van der Waals surface area contributed by atoms with Crippen LogP contribution < -0.4 is 5.32 Å². The molecule has 0 aromatic heterocycles. The van der Waals surface area contributed by atoms with Crippen LogP contribution in [0.15, 0.2) is 0 Å². The van der Waals surface area contributed by atoms with Crippen molar-refractivity contribution in [2.75, 3.05) is 12.0 Å². The van der Waals surface area contributed by atoms with E-state index < -0.39 is 24.3 Å². The van der Waals surface area contributed by atoms with Crippen molar-refractivity contribution in [1.82, 2.24) is 5.32 Å². The highest BCUT2D eigenvalue weighted by Gasteiger charge is 2.49. The average molecular weight is 247 g/mol. The molecule has 0 rings (SSSR count). The maximum atomic E-state index is 12.5. The molecule has 2 nitrogen and oxygen atoms in total. The topological polar surface area (TPSA) is 29.1 Å². The molecule has 0 saturated carbocycles. The molecule has 0 saturated heterocycles. The van der Waals surface area contributed by atoms with Crippen molar-refractivity contribution in [3.8, 4) is 0 Å². The molecule has 0 aromatic rings. The Morgan fingerprint density at radius 2 is 2.00 bits per heavy atom. The van der Waals surface area contributed by atoms with Gasteiger partial charge in [0.05, 0.1) is 0 Å². The number of nitrogens with one attached hydrogen (secondary N) is 1. The Bertz CT molecular complexity index is 213. The third kappa shape index (κ3) is 4.27. The van der Waals surface area contributed by atoms with Crippen LogP contribution in [-0.2, 0) is 4.79 Å². The number of hydrogen-bond donors (Lipinski definition) is 1. The Morgan fingerprint density at radius 3 is 2.33 bits per heavy atom. The van der Waals surface area contributed by atoms with Gasteiger partial charge in [0, 0.05) is 11.8 Å². The maximum Gasteiger partial charge on any atom is 0.383 e. The molecule has 15 heavy (non-hydrogen) atoms. The summed E-state index contributed by atoms with van der Waals surface area (Å²) in [6.45, 7) is 1.68. The molecule has 0 aliphatic heterocycles. The fraction of sp³-hybridized carbons (Fsp3) is 0.875. The van der Waals surface area contributed by atoms with Crippen molar-refractivity contribution in [3.63, 3.8) is 0 Å². The second-order valence-electron chi connectivity index (χ2n) is 2.96. The van der Waals surface area contributed by atoms with E-state index in [0.29, 0.717) is 12.2 Å². The SMILES string of the molecule is CCC(CSC)NC(=O)C(F)(F)C(F)F. The van der Waals surface area contributed by atoms with Gasteiger partial charge in [0.2, 0.25) is 0 Å². The number of thioether (sulfide) groups is 1. The van der Waals surface area contributed by atoms with Gasteiger partial charge < -0.3 is 5.32 Å². The summed E-state index contributed by atoms with van der Waals surface area (Å²) >= 11 is 1.35. The van der Waals surface area contributed by atoms with Gasteiger partial charge in [-0.1, -0.05) is 6.92 Å². The summed E-state index contributed by atoms with van der Waals surface area (Å²) in [6.07, 6.45) is -1.81. The summed E-state index contributed by atoms with van der Waals surface area (Å²) in [7, 11) is 0. The van der Waals surface area contributed by atoms with Gasteiger partial charge in [0.15, 0.2) is 0 Å². The van der Waals surface area contributed by atoms with Gasteiger partial charge in [-0.2, -0.15) is 20.5 Å². The number of hydrogen-bond acceptors (Lipinski definition) is 2. The lowest BCUT2D eigenvalue weighted by atomic mass is 10.2. The summed E-state index contributed by atoms with van der Waals surface area (Å²) in [5.41, 5.74) is 0. The minimum atomic E-state index is -4.61. The van der Waals surface area contributed by atoms with Crippen LogP contribution in [0.2, 0.25) is 0 Å². The van der Waals surface area contributed by atoms with Crippen molar-refractivity contribution in [1.29, 1.82) is 0 Å². The summed E-state index contributed by atoms with van der Waals surface area (Å²) in [4.78, 5) is 10.8. The standard InChI is InChI=1S/C8H13F4NOS/c1-3-5(4-15-2)13-7(14)8(11,12)6(9)10/h5-6H,3-4H2,1-2H3,(H,13,14). The van der Waals surface area contributed by atoms with E-state index in [0.717, 1.165) is 0 Å². The molecule has 0 radical (unpaired) electrons. The van der Waals surface area contributed by atoms with Crippen LogP contribution in [0, 0.1) is 0 Å². The molecule has 0 spiro atoms. The zero-order valence-electron chi connectivity index (χ0n) is 8.40. The van der Waals surface area contributed by atoms with Crippen LogP contribution in [0.1, 0.15) is 13.3 Å². The van der Waals surface area contributed by atoms with Gasteiger partial charge in [0.25, 0.3) is 5.91 Å². The van der Waals surface area contributed by atoms with Gasteiger partial charge in [-0.05, 0) is 12.7 Å². The molecule has 90 valence electrons. The van der Waals surface area contributed by atoms with Crippen LogP contribution >= 0.6 is 11.8 Å². The first kappa shape index (κ1) is 14.5. The first-order valence-corrected chi connectivity index (χ1v) is 5.71. The van der Waals surface area contributed by atoms with Crippen molar-refractivity contribution < 1.29 is 22.4 Å². The van der Waals surface area contributed by atoms with E-state index in [1.807, 2.05) is 5.32 Å². The normalized spacial score (nSPS) is 14.1. The Labute approximate surface area is 89.8 Å². The van der Waals surface area contributed by atoms with E-state index >= 15 is 0 Å². The highest BCUT2D eigenvalue weighted by molar-refractivity contribution is 7.98. The summed E-state index contributed by atoms with van der Waals surface area (Å²) < 4.78 is 48.6. The van der Waals surface area contributed by atoms with E-state index in [4.69, 9.17) is 0 Å². The number of carbonyl (C=O) groups excluding carboxylic acids is 1. The van der Waals surface area contributed by atoms with Gasteiger partial charge in [-0.3, -0.25) is 4.79 Å². The Hall–Kier alpha value is -0.460. The molecular weight excluding hydrogens is 234 g/mol. The summed E-state index contributed by atoms with van der Waals surface area (Å²) in [6, 6.07) is -0.503. The smallest absolute Gasteiger partial charge is 0.347 e. The molecule has 0 aliphatic carbocycles. The third-order valence-electron chi connectivity index (χ3n) is 1.77. The van der Waals surface area contributed by atoms with Crippen LogP contribution in [0.5, 0.6) is 0 Å². The Kier molecular flexibility index (Phi) is 6.00. The van der Waals surface area contributed by atoms with Crippen LogP contribution in [-0.4, -0.2) is 36.3 Å². The van der Waals surface area contributed by atoms with E-state index in [-0.39, 0.29) is 0 Å². The van der Waals surface area contributed by atoms with Crippen molar-refractivity contribution in [2.24, 2.45) is 0 Å². The number of rotatable bonds is 6. The zero-order valence-corrected chi connectivity index (χ0v) is 9.21. The summed E-state index contributed by atoms with van der Waals surface area (Å²) in [5, 5.41) is 1.90. The number of alkyl halides is 4. The molecule has 1 amide bonds. The lowest BCUT2D eigenvalue weighted by molar-refractivity contribution is -0.170. The second kappa shape index (κ2) is 6.19. The first-order chi connectivity index (χ1) is 6.86. The lowest BCUT2D eigenvalue weighted by Gasteiger charge is -2.20. The Balaban J connectivity index is 4.33. The van der Waals surface area contributed by atoms with Crippen LogP contribution in [0.4, 0.5) is 17.6 Å². The second-order valence-corrected chi connectivity index (χ2v) is 3.87. The highest BCUT2D eigenvalue weighted by atomic mass is 32.2. The minimum absolute atomic E-state index is 0.418. The molecule has 1 unspecified atom stereocenters. The molecule has 0 bridgehead atoms. The molecule has 1 atom stereocenters. The van der Waals surface area contributed by atoms with E-state index in [2.05, 4.69) is 0 Å². The zero-order chi connectivity index (χ0) is 12.1. The minimum Gasteiger partial charge on any atom is -0.347 e. The van der Waals surface area contributed by atoms with Gasteiger partial charge in [-0.15, -0.1) is 0 Å². The average Bonchev–Trinajstić information content (AvgIpc) is 2.16. The third-order valence-corrected chi connectivity index (χ3v) is 2.51. The molecule has 7 heteroatoms. The predicted molar refractivity (Wildman–Crippen MR) is 51.6 cm³/mol. The van der Waals surface area contributed by atoms with E-state index in [9.17, 15) is 22.4 Å². The summed E-state index contributed by atoms with van der Waals surface area (Å²) in [5.74, 6) is -6.09. The van der Waals surface area contributed by atoms with E-state index in [1.54, 1.807) is 13.2 Å². The molecule has 0 aromatic carbocycles. The number of halogens is 4. The Morgan fingerprint density at radius 1 is 1.47 bits per heavy atom. The monoisotopic (exact) mass is 247 g/mol. The molecule has 1 N–H and O–H groups in total. The molecule has 0 heterocycles. The predicted octanol–water partition coefficient (Wildman–Crippen LogP) is 2.14. The van der Waals surface area contributed by atoms with Crippen molar-refractivity contribution in [2.45, 2.75) is 31.7 Å². The highest BCUT2D eigenvalue weighted by Crippen LogP contribution is 2.23.